The van der Waals surface area contributed by atoms with Gasteiger partial charge in [0.15, 0.2) is 0 Å². The summed E-state index contributed by atoms with van der Waals surface area (Å²) >= 11 is 4.88. The molecule has 0 heterocycles. The molecule has 0 aromatic heterocycles. The summed E-state index contributed by atoms with van der Waals surface area (Å²) in [6.45, 7) is -0.788. The van der Waals surface area contributed by atoms with E-state index < -0.39 is 25.0 Å². The number of hydrogen-bond donors (Lipinski definition) is 3. The summed E-state index contributed by atoms with van der Waals surface area (Å²) in [5.41, 5.74) is 0. The Hall–Kier alpha value is -0.320. The van der Waals surface area contributed by atoms with Crippen LogP contribution in [0.1, 0.15) is 0 Å². The van der Waals surface area contributed by atoms with E-state index in [0.29, 0.717) is 0 Å². The zero-order valence-electron chi connectivity index (χ0n) is 4.67. The maximum absolute atomic E-state index is 10.4. The van der Waals surface area contributed by atoms with E-state index in [9.17, 15) is 4.79 Å². The van der Waals surface area contributed by atoms with Crippen LogP contribution in [0.5, 0.6) is 0 Å². The summed E-state index contributed by atoms with van der Waals surface area (Å²) < 4.78 is 0. The molecular formula is C4H8ClNO3. The molecule has 0 rings (SSSR count). The van der Waals surface area contributed by atoms with Crippen LogP contribution < -0.4 is 4.84 Å². The van der Waals surface area contributed by atoms with E-state index in [4.69, 9.17) is 22.0 Å². The SMILES string of the molecule is O=C(NCl)C(CO)CO. The summed E-state index contributed by atoms with van der Waals surface area (Å²) in [6, 6.07) is 0. The number of nitrogens with one attached hydrogen (secondary N) is 1. The van der Waals surface area contributed by atoms with Crippen molar-refractivity contribution in [2.24, 2.45) is 5.92 Å². The van der Waals surface area contributed by atoms with Gasteiger partial charge in [0.25, 0.3) is 0 Å². The van der Waals surface area contributed by atoms with Gasteiger partial charge in [0.1, 0.15) is 0 Å². The van der Waals surface area contributed by atoms with Gasteiger partial charge in [-0.1, -0.05) is 0 Å². The molecule has 54 valence electrons. The third-order valence-corrected chi connectivity index (χ3v) is 1.09. The second kappa shape index (κ2) is 4.55. The molecule has 0 aromatic carbocycles. The summed E-state index contributed by atoms with van der Waals surface area (Å²) in [5.74, 6) is -1.37. The Morgan fingerprint density at radius 2 is 2.00 bits per heavy atom. The van der Waals surface area contributed by atoms with Crippen LogP contribution in [0.3, 0.4) is 0 Å². The molecule has 4 nitrogen and oxygen atoms in total. The first kappa shape index (κ1) is 8.68. The van der Waals surface area contributed by atoms with E-state index in [1.54, 1.807) is 4.84 Å². The minimum atomic E-state index is -0.803. The minimum Gasteiger partial charge on any atom is -0.395 e. The molecule has 0 radical (unpaired) electrons. The van der Waals surface area contributed by atoms with Gasteiger partial charge in [-0.2, -0.15) is 0 Å². The molecule has 0 bridgehead atoms. The highest BCUT2D eigenvalue weighted by atomic mass is 35.5. The highest BCUT2D eigenvalue weighted by Gasteiger charge is 2.14. The van der Waals surface area contributed by atoms with Crippen molar-refractivity contribution >= 4 is 17.7 Å². The molecule has 0 spiro atoms. The fraction of sp³-hybridized carbons (Fsp3) is 0.750. The van der Waals surface area contributed by atoms with E-state index in [-0.39, 0.29) is 0 Å². The summed E-state index contributed by atoms with van der Waals surface area (Å²) in [4.78, 5) is 12.2. The highest BCUT2D eigenvalue weighted by molar-refractivity contribution is 6.21. The van der Waals surface area contributed by atoms with Gasteiger partial charge in [-0.25, -0.2) is 0 Å². The molecule has 3 N–H and O–H groups in total. The predicted octanol–water partition coefficient (Wildman–Crippen LogP) is -1.14. The van der Waals surface area contributed by atoms with Gasteiger partial charge in [0.05, 0.1) is 19.1 Å². The monoisotopic (exact) mass is 153 g/mol. The zero-order valence-corrected chi connectivity index (χ0v) is 5.43. The Kier molecular flexibility index (Phi) is 4.39. The van der Waals surface area contributed by atoms with E-state index in [1.807, 2.05) is 0 Å². The third kappa shape index (κ3) is 2.64. The van der Waals surface area contributed by atoms with Gasteiger partial charge >= 0.3 is 0 Å². The van der Waals surface area contributed by atoms with Crippen LogP contribution in [-0.2, 0) is 4.79 Å². The molecule has 0 saturated heterocycles. The van der Waals surface area contributed by atoms with Crippen molar-refractivity contribution in [2.75, 3.05) is 13.2 Å². The minimum absolute atomic E-state index is 0.394. The van der Waals surface area contributed by atoms with E-state index in [1.165, 1.54) is 0 Å². The smallest absolute Gasteiger partial charge is 0.242 e. The lowest BCUT2D eigenvalue weighted by molar-refractivity contribution is -0.125. The average molecular weight is 154 g/mol. The van der Waals surface area contributed by atoms with Crippen LogP contribution in [0.25, 0.3) is 0 Å². The molecule has 0 aliphatic carbocycles. The van der Waals surface area contributed by atoms with Crippen LogP contribution in [0, 0.1) is 5.92 Å². The van der Waals surface area contributed by atoms with E-state index >= 15 is 0 Å². The zero-order chi connectivity index (χ0) is 7.28. The lowest BCUT2D eigenvalue weighted by Gasteiger charge is -2.05. The first-order valence-corrected chi connectivity index (χ1v) is 2.76. The molecule has 0 aromatic rings. The maximum atomic E-state index is 10.4. The molecule has 0 aliphatic rings. The van der Waals surface area contributed by atoms with Crippen LogP contribution in [0.15, 0.2) is 0 Å². The highest BCUT2D eigenvalue weighted by Crippen LogP contribution is 1.92. The predicted molar refractivity (Wildman–Crippen MR) is 31.7 cm³/mol. The number of hydrogen-bond acceptors (Lipinski definition) is 3. The number of aliphatic hydroxyl groups excluding tert-OH is 2. The lowest BCUT2D eigenvalue weighted by Crippen LogP contribution is -2.29. The Morgan fingerprint density at radius 1 is 1.56 bits per heavy atom. The van der Waals surface area contributed by atoms with Crippen molar-refractivity contribution in [3.63, 3.8) is 0 Å². The quantitative estimate of drug-likeness (QED) is 0.449. The summed E-state index contributed by atoms with van der Waals surface area (Å²) in [5, 5.41) is 16.7. The summed E-state index contributed by atoms with van der Waals surface area (Å²) in [7, 11) is 0. The fourth-order valence-corrected chi connectivity index (χ4v) is 0.455. The van der Waals surface area contributed by atoms with Gasteiger partial charge in [-0.3, -0.25) is 9.63 Å². The largest absolute Gasteiger partial charge is 0.395 e. The van der Waals surface area contributed by atoms with Gasteiger partial charge < -0.3 is 10.2 Å². The number of aliphatic hydroxyl groups is 2. The molecule has 0 atom stereocenters. The van der Waals surface area contributed by atoms with Gasteiger partial charge in [-0.15, -0.1) is 0 Å². The van der Waals surface area contributed by atoms with Gasteiger partial charge in [-0.05, 0) is 0 Å². The Labute approximate surface area is 57.5 Å². The molecule has 1 amide bonds. The Balaban J connectivity index is 3.64. The number of carbonyl (C=O) groups excluding carboxylic acids is 1. The normalized spacial score (nSPS) is 9.78. The molecule has 0 unspecified atom stereocenters. The molecule has 0 aliphatic heterocycles. The third-order valence-electron chi connectivity index (χ3n) is 0.905. The number of amides is 1. The molecular weight excluding hydrogens is 146 g/mol. The van der Waals surface area contributed by atoms with E-state index in [0.717, 1.165) is 0 Å². The first-order chi connectivity index (χ1) is 4.26. The van der Waals surface area contributed by atoms with Crippen molar-refractivity contribution in [3.8, 4) is 0 Å². The number of carbonyl (C=O) groups is 1. The van der Waals surface area contributed by atoms with Crippen LogP contribution in [0.2, 0.25) is 0 Å². The molecule has 5 heteroatoms. The molecule has 9 heavy (non-hydrogen) atoms. The standard InChI is InChI=1S/C4H8ClNO3/c5-6-4(9)3(1-7)2-8/h3,7-8H,1-2H2,(H,6,9). The van der Waals surface area contributed by atoms with Crippen molar-refractivity contribution in [2.45, 2.75) is 0 Å². The Bertz CT molecular complexity index is 93.8. The second-order valence-corrected chi connectivity index (χ2v) is 1.71. The first-order valence-electron chi connectivity index (χ1n) is 2.38. The van der Waals surface area contributed by atoms with Crippen molar-refractivity contribution in [1.82, 2.24) is 4.84 Å². The van der Waals surface area contributed by atoms with Gasteiger partial charge in [0.2, 0.25) is 5.91 Å². The van der Waals surface area contributed by atoms with Gasteiger partial charge in [0, 0.05) is 11.8 Å². The lowest BCUT2D eigenvalue weighted by atomic mass is 10.2. The number of halogens is 1. The van der Waals surface area contributed by atoms with Crippen molar-refractivity contribution in [1.29, 1.82) is 0 Å². The average Bonchev–Trinajstić information content (AvgIpc) is 1.90. The van der Waals surface area contributed by atoms with Crippen LogP contribution >= 0.6 is 11.8 Å². The fourth-order valence-electron chi connectivity index (χ4n) is 0.301. The second-order valence-electron chi connectivity index (χ2n) is 1.52. The topological polar surface area (TPSA) is 69.6 Å². The van der Waals surface area contributed by atoms with Crippen molar-refractivity contribution < 1.29 is 15.0 Å². The van der Waals surface area contributed by atoms with Crippen LogP contribution in [0.4, 0.5) is 0 Å². The molecule has 0 fully saturated rings. The van der Waals surface area contributed by atoms with Crippen molar-refractivity contribution in [3.05, 3.63) is 0 Å². The van der Waals surface area contributed by atoms with E-state index in [2.05, 4.69) is 0 Å². The van der Waals surface area contributed by atoms with Crippen LogP contribution in [-0.4, -0.2) is 29.3 Å². The Morgan fingerprint density at radius 3 is 2.11 bits per heavy atom. The maximum Gasteiger partial charge on any atom is 0.242 e. The number of rotatable bonds is 3. The molecule has 0 saturated carbocycles. The summed E-state index contributed by atoms with van der Waals surface area (Å²) in [6.07, 6.45) is 0.